The number of hydrogen-bond acceptors (Lipinski definition) is 3. The van der Waals surface area contributed by atoms with Gasteiger partial charge in [0.05, 0.1) is 24.9 Å². The Morgan fingerprint density at radius 2 is 2.17 bits per heavy atom. The predicted octanol–water partition coefficient (Wildman–Crippen LogP) is 0.720. The van der Waals surface area contributed by atoms with Crippen molar-refractivity contribution in [3.8, 4) is 0 Å². The fourth-order valence-electron chi connectivity index (χ4n) is 3.05. The molecule has 1 saturated carbocycles. The standard InChI is InChI=1S/C13H22N2O3/c16-6-5-15(8-9-1-2-9)13(17)14-11-7-10-3-4-12(11)18-10/h9-12,16H,1-8H2,(H,14,17)/t10-,11-,12-/m1/s1. The molecule has 1 aliphatic carbocycles. The molecule has 102 valence electrons. The summed E-state index contributed by atoms with van der Waals surface area (Å²) in [7, 11) is 0. The first-order valence-corrected chi connectivity index (χ1v) is 7.08. The first kappa shape index (κ1) is 12.2. The molecule has 0 aromatic heterocycles. The molecule has 2 aliphatic heterocycles. The van der Waals surface area contributed by atoms with Gasteiger partial charge in [-0.3, -0.25) is 0 Å². The second-order valence-electron chi connectivity index (χ2n) is 5.78. The number of nitrogens with one attached hydrogen (secondary N) is 1. The van der Waals surface area contributed by atoms with Crippen LogP contribution < -0.4 is 5.32 Å². The minimum absolute atomic E-state index is 0.0305. The quantitative estimate of drug-likeness (QED) is 0.760. The Morgan fingerprint density at radius 3 is 2.72 bits per heavy atom. The molecule has 0 spiro atoms. The summed E-state index contributed by atoms with van der Waals surface area (Å²) in [5, 5.41) is 12.1. The number of aliphatic hydroxyl groups is 1. The van der Waals surface area contributed by atoms with E-state index in [-0.39, 0.29) is 24.8 Å². The van der Waals surface area contributed by atoms with Crippen molar-refractivity contribution in [2.75, 3.05) is 19.7 Å². The third-order valence-corrected chi connectivity index (χ3v) is 4.25. The average Bonchev–Trinajstić information content (AvgIpc) is 2.93. The number of ether oxygens (including phenoxy) is 1. The van der Waals surface area contributed by atoms with E-state index in [9.17, 15) is 4.79 Å². The Kier molecular flexibility index (Phi) is 3.43. The van der Waals surface area contributed by atoms with Crippen molar-refractivity contribution in [1.82, 2.24) is 10.2 Å². The van der Waals surface area contributed by atoms with Gasteiger partial charge in [-0.15, -0.1) is 0 Å². The van der Waals surface area contributed by atoms with Crippen LogP contribution in [0.15, 0.2) is 0 Å². The Morgan fingerprint density at radius 1 is 1.33 bits per heavy atom. The van der Waals surface area contributed by atoms with E-state index in [0.717, 1.165) is 25.8 Å². The Bertz CT molecular complexity index is 319. The molecule has 3 atom stereocenters. The first-order chi connectivity index (χ1) is 8.76. The molecule has 3 aliphatic rings. The maximum atomic E-state index is 12.2. The zero-order valence-electron chi connectivity index (χ0n) is 10.7. The van der Waals surface area contributed by atoms with Gasteiger partial charge < -0.3 is 20.1 Å². The van der Waals surface area contributed by atoms with Crippen LogP contribution in [0.1, 0.15) is 32.1 Å². The monoisotopic (exact) mass is 254 g/mol. The van der Waals surface area contributed by atoms with Gasteiger partial charge in [-0.05, 0) is 38.0 Å². The van der Waals surface area contributed by atoms with Gasteiger partial charge in [0.15, 0.2) is 0 Å². The Balaban J connectivity index is 1.51. The normalized spacial score (nSPS) is 33.7. The van der Waals surface area contributed by atoms with Gasteiger partial charge in [0, 0.05) is 13.1 Å². The van der Waals surface area contributed by atoms with Gasteiger partial charge in [0.25, 0.3) is 0 Å². The van der Waals surface area contributed by atoms with Gasteiger partial charge in [-0.2, -0.15) is 0 Å². The molecule has 5 heteroatoms. The van der Waals surface area contributed by atoms with Crippen LogP contribution in [0, 0.1) is 5.92 Å². The maximum absolute atomic E-state index is 12.2. The molecular weight excluding hydrogens is 232 g/mol. The lowest BCUT2D eigenvalue weighted by atomic mass is 9.96. The van der Waals surface area contributed by atoms with E-state index in [2.05, 4.69) is 5.32 Å². The minimum Gasteiger partial charge on any atom is -0.395 e. The van der Waals surface area contributed by atoms with Crippen LogP contribution >= 0.6 is 0 Å². The van der Waals surface area contributed by atoms with Crippen molar-refractivity contribution in [2.45, 2.75) is 50.4 Å². The van der Waals surface area contributed by atoms with Crippen molar-refractivity contribution < 1.29 is 14.6 Å². The first-order valence-electron chi connectivity index (χ1n) is 7.08. The highest BCUT2D eigenvalue weighted by Gasteiger charge is 2.42. The van der Waals surface area contributed by atoms with E-state index in [4.69, 9.17) is 9.84 Å². The molecular formula is C13H22N2O3. The molecule has 0 aromatic carbocycles. The highest BCUT2D eigenvalue weighted by atomic mass is 16.5. The number of urea groups is 1. The summed E-state index contributed by atoms with van der Waals surface area (Å²) in [4.78, 5) is 13.9. The van der Waals surface area contributed by atoms with Crippen LogP contribution in [0.4, 0.5) is 4.79 Å². The highest BCUT2D eigenvalue weighted by molar-refractivity contribution is 5.74. The second-order valence-corrected chi connectivity index (χ2v) is 5.78. The summed E-state index contributed by atoms with van der Waals surface area (Å²) in [6.45, 7) is 1.26. The van der Waals surface area contributed by atoms with Crippen LogP contribution in [0.3, 0.4) is 0 Å². The lowest BCUT2D eigenvalue weighted by molar-refractivity contribution is 0.0965. The van der Waals surface area contributed by atoms with Crippen molar-refractivity contribution >= 4 is 6.03 Å². The van der Waals surface area contributed by atoms with Gasteiger partial charge in [0.2, 0.25) is 0 Å². The lowest BCUT2D eigenvalue weighted by Crippen LogP contribution is -2.49. The maximum Gasteiger partial charge on any atom is 0.317 e. The number of carbonyl (C=O) groups excluding carboxylic acids is 1. The highest BCUT2D eigenvalue weighted by Crippen LogP contribution is 2.34. The van der Waals surface area contributed by atoms with Crippen molar-refractivity contribution in [2.24, 2.45) is 5.92 Å². The molecule has 2 saturated heterocycles. The van der Waals surface area contributed by atoms with Crippen molar-refractivity contribution in [3.05, 3.63) is 0 Å². The number of amides is 2. The molecule has 0 aromatic rings. The Labute approximate surface area is 107 Å². The number of carbonyl (C=O) groups is 1. The number of nitrogens with zero attached hydrogens (tertiary/aromatic N) is 1. The number of hydrogen-bond donors (Lipinski definition) is 2. The molecule has 2 bridgehead atoms. The van der Waals surface area contributed by atoms with E-state index in [1.54, 1.807) is 4.90 Å². The van der Waals surface area contributed by atoms with E-state index in [1.807, 2.05) is 0 Å². The summed E-state index contributed by atoms with van der Waals surface area (Å²) in [5.41, 5.74) is 0. The molecule has 2 amide bonds. The number of aliphatic hydroxyl groups excluding tert-OH is 1. The van der Waals surface area contributed by atoms with Crippen LogP contribution in [0.2, 0.25) is 0 Å². The predicted molar refractivity (Wildman–Crippen MR) is 66.2 cm³/mol. The van der Waals surface area contributed by atoms with E-state index < -0.39 is 0 Å². The molecule has 3 fully saturated rings. The molecule has 2 N–H and O–H groups in total. The fourth-order valence-corrected chi connectivity index (χ4v) is 3.05. The molecule has 3 rings (SSSR count). The van der Waals surface area contributed by atoms with Crippen LogP contribution in [-0.4, -0.2) is 54.0 Å². The summed E-state index contributed by atoms with van der Waals surface area (Å²) >= 11 is 0. The molecule has 0 unspecified atom stereocenters. The summed E-state index contributed by atoms with van der Waals surface area (Å²) in [6, 6.07) is 0.147. The van der Waals surface area contributed by atoms with Gasteiger partial charge in [0.1, 0.15) is 0 Å². The van der Waals surface area contributed by atoms with Gasteiger partial charge >= 0.3 is 6.03 Å². The molecule has 5 nitrogen and oxygen atoms in total. The van der Waals surface area contributed by atoms with Crippen molar-refractivity contribution in [3.63, 3.8) is 0 Å². The third kappa shape index (κ3) is 2.62. The van der Waals surface area contributed by atoms with Crippen molar-refractivity contribution in [1.29, 1.82) is 0 Å². The summed E-state index contributed by atoms with van der Waals surface area (Å²) in [6.07, 6.45) is 6.16. The summed E-state index contributed by atoms with van der Waals surface area (Å²) < 4.78 is 5.74. The molecule has 0 radical (unpaired) electrons. The van der Waals surface area contributed by atoms with E-state index in [1.165, 1.54) is 12.8 Å². The van der Waals surface area contributed by atoms with Crippen LogP contribution in [-0.2, 0) is 4.74 Å². The minimum atomic E-state index is -0.0305. The third-order valence-electron chi connectivity index (χ3n) is 4.25. The van der Waals surface area contributed by atoms with Gasteiger partial charge in [-0.1, -0.05) is 0 Å². The molecule has 18 heavy (non-hydrogen) atoms. The summed E-state index contributed by atoms with van der Waals surface area (Å²) in [5.74, 6) is 0.651. The molecule has 2 heterocycles. The second kappa shape index (κ2) is 5.05. The van der Waals surface area contributed by atoms with E-state index >= 15 is 0 Å². The smallest absolute Gasteiger partial charge is 0.317 e. The fraction of sp³-hybridized carbons (Fsp3) is 0.923. The lowest BCUT2D eigenvalue weighted by Gasteiger charge is -2.26. The number of fused-ring (bicyclic) bond motifs is 2. The average molecular weight is 254 g/mol. The van der Waals surface area contributed by atoms with Crippen LogP contribution in [0.25, 0.3) is 0 Å². The number of rotatable bonds is 5. The largest absolute Gasteiger partial charge is 0.395 e. The van der Waals surface area contributed by atoms with E-state index in [0.29, 0.717) is 18.6 Å². The zero-order chi connectivity index (χ0) is 12.5. The van der Waals surface area contributed by atoms with Crippen LogP contribution in [0.5, 0.6) is 0 Å². The topological polar surface area (TPSA) is 61.8 Å². The zero-order valence-corrected chi connectivity index (χ0v) is 10.7. The Hall–Kier alpha value is -0.810. The van der Waals surface area contributed by atoms with Gasteiger partial charge in [-0.25, -0.2) is 4.79 Å². The SMILES string of the molecule is O=C(N[C@@H]1C[C@H]2CC[C@H]1O2)N(CCO)CC1CC1.